The van der Waals surface area contributed by atoms with Crippen LogP contribution < -0.4 is 0 Å². The normalized spacial score (nSPS) is 18.5. The topological polar surface area (TPSA) is 55.1 Å². The summed E-state index contributed by atoms with van der Waals surface area (Å²) < 4.78 is 2.21. The summed E-state index contributed by atoms with van der Waals surface area (Å²) >= 11 is 1.30. The number of aliphatic carboxylic acids is 1. The summed E-state index contributed by atoms with van der Waals surface area (Å²) in [4.78, 5) is 15.4. The molecule has 0 aliphatic heterocycles. The Morgan fingerprint density at radius 3 is 3.00 bits per heavy atom. The Kier molecular flexibility index (Phi) is 3.78. The fourth-order valence-corrected chi connectivity index (χ4v) is 3.42. The quantitative estimate of drug-likeness (QED) is 0.691. The zero-order valence-corrected chi connectivity index (χ0v) is 11.8. The second-order valence-corrected chi connectivity index (χ2v) is 5.82. The fraction of sp³-hybridized carbons (Fsp3) is 0.333. The molecule has 0 spiro atoms. The third-order valence-corrected chi connectivity index (χ3v) is 4.43. The third kappa shape index (κ3) is 2.58. The first-order chi connectivity index (χ1) is 9.75. The van der Waals surface area contributed by atoms with E-state index in [-0.39, 0.29) is 5.75 Å². The molecule has 1 aliphatic carbocycles. The van der Waals surface area contributed by atoms with E-state index in [2.05, 4.69) is 27.8 Å². The van der Waals surface area contributed by atoms with Crippen LogP contribution in [0, 0.1) is 0 Å². The Bertz CT molecular complexity index is 663. The van der Waals surface area contributed by atoms with Crippen LogP contribution in [0.5, 0.6) is 0 Å². The molecule has 5 heteroatoms. The number of aromatic nitrogens is 2. The van der Waals surface area contributed by atoms with Gasteiger partial charge in [-0.15, -0.1) is 0 Å². The Balaban J connectivity index is 2.02. The van der Waals surface area contributed by atoms with Gasteiger partial charge in [-0.3, -0.25) is 4.79 Å². The van der Waals surface area contributed by atoms with Crippen LogP contribution in [-0.2, 0) is 4.79 Å². The number of hydrogen-bond donors (Lipinski definition) is 1. The summed E-state index contributed by atoms with van der Waals surface area (Å²) in [6.45, 7) is 0. The molecule has 1 heterocycles. The number of rotatable bonds is 4. The van der Waals surface area contributed by atoms with E-state index in [0.29, 0.717) is 6.04 Å². The van der Waals surface area contributed by atoms with Gasteiger partial charge < -0.3 is 9.67 Å². The predicted molar refractivity (Wildman–Crippen MR) is 80.1 cm³/mol. The van der Waals surface area contributed by atoms with Gasteiger partial charge in [-0.25, -0.2) is 4.98 Å². The summed E-state index contributed by atoms with van der Waals surface area (Å²) in [6.07, 6.45) is 7.55. The minimum absolute atomic E-state index is 0.0475. The van der Waals surface area contributed by atoms with Crippen LogP contribution in [-0.4, -0.2) is 26.4 Å². The molecule has 4 nitrogen and oxygen atoms in total. The van der Waals surface area contributed by atoms with Crippen LogP contribution in [0.2, 0.25) is 0 Å². The highest BCUT2D eigenvalue weighted by Crippen LogP contribution is 2.33. The van der Waals surface area contributed by atoms with Crippen molar-refractivity contribution in [2.24, 2.45) is 0 Å². The highest BCUT2D eigenvalue weighted by molar-refractivity contribution is 7.99. The molecule has 20 heavy (non-hydrogen) atoms. The van der Waals surface area contributed by atoms with Crippen LogP contribution in [0.15, 0.2) is 41.6 Å². The average molecular weight is 288 g/mol. The minimum atomic E-state index is -0.808. The molecule has 1 unspecified atom stereocenters. The summed E-state index contributed by atoms with van der Waals surface area (Å²) in [7, 11) is 0. The van der Waals surface area contributed by atoms with Gasteiger partial charge in [0.1, 0.15) is 0 Å². The van der Waals surface area contributed by atoms with Crippen LogP contribution in [0.3, 0.4) is 0 Å². The van der Waals surface area contributed by atoms with Crippen molar-refractivity contribution in [3.8, 4) is 0 Å². The molecule has 1 aliphatic rings. The number of carbonyl (C=O) groups is 1. The predicted octanol–water partition coefficient (Wildman–Crippen LogP) is 3.49. The van der Waals surface area contributed by atoms with Crippen molar-refractivity contribution >= 4 is 28.8 Å². The van der Waals surface area contributed by atoms with Gasteiger partial charge in [0, 0.05) is 6.04 Å². The smallest absolute Gasteiger partial charge is 0.313 e. The van der Waals surface area contributed by atoms with E-state index in [1.165, 1.54) is 11.8 Å². The lowest BCUT2D eigenvalue weighted by Gasteiger charge is -2.22. The van der Waals surface area contributed by atoms with E-state index < -0.39 is 5.97 Å². The average Bonchev–Trinajstić information content (AvgIpc) is 2.84. The molecule has 0 fully saturated rings. The maximum atomic E-state index is 10.8. The zero-order chi connectivity index (χ0) is 13.9. The van der Waals surface area contributed by atoms with Crippen molar-refractivity contribution < 1.29 is 9.90 Å². The number of imidazole rings is 1. The number of benzene rings is 1. The fourth-order valence-electron chi connectivity index (χ4n) is 2.62. The monoisotopic (exact) mass is 288 g/mol. The molecule has 1 aromatic carbocycles. The standard InChI is InChI=1S/C15H16N2O2S/c18-14(19)10-20-15-16-12-8-4-5-9-13(12)17(15)11-6-2-1-3-7-11/h1-2,4-5,8-9,11H,3,6-7,10H2,(H,18,19). The van der Waals surface area contributed by atoms with Crippen molar-refractivity contribution in [3.05, 3.63) is 36.4 Å². The first-order valence-electron chi connectivity index (χ1n) is 6.72. The van der Waals surface area contributed by atoms with Crippen molar-refractivity contribution in [2.75, 3.05) is 5.75 Å². The van der Waals surface area contributed by atoms with E-state index in [9.17, 15) is 4.79 Å². The molecule has 0 amide bonds. The Morgan fingerprint density at radius 1 is 1.40 bits per heavy atom. The van der Waals surface area contributed by atoms with Crippen LogP contribution in [0.1, 0.15) is 25.3 Å². The van der Waals surface area contributed by atoms with Gasteiger partial charge in [-0.05, 0) is 31.4 Å². The minimum Gasteiger partial charge on any atom is -0.481 e. The highest BCUT2D eigenvalue weighted by atomic mass is 32.2. The number of allylic oxidation sites excluding steroid dienone is 2. The van der Waals surface area contributed by atoms with Crippen molar-refractivity contribution in [2.45, 2.75) is 30.5 Å². The molecule has 1 atom stereocenters. The summed E-state index contributed by atoms with van der Waals surface area (Å²) in [5, 5.41) is 9.70. The molecule has 3 rings (SSSR count). The largest absolute Gasteiger partial charge is 0.481 e. The van der Waals surface area contributed by atoms with Crippen molar-refractivity contribution in [1.82, 2.24) is 9.55 Å². The first kappa shape index (κ1) is 13.2. The van der Waals surface area contributed by atoms with Crippen LogP contribution >= 0.6 is 11.8 Å². The number of carboxylic acid groups (broad SMARTS) is 1. The summed E-state index contributed by atoms with van der Waals surface area (Å²) in [5.41, 5.74) is 2.04. The molecule has 104 valence electrons. The van der Waals surface area contributed by atoms with Crippen molar-refractivity contribution in [3.63, 3.8) is 0 Å². The van der Waals surface area contributed by atoms with Crippen LogP contribution in [0.25, 0.3) is 11.0 Å². The van der Waals surface area contributed by atoms with Gasteiger partial charge in [-0.2, -0.15) is 0 Å². The molecule has 0 saturated carbocycles. The lowest BCUT2D eigenvalue weighted by atomic mass is 10.0. The van der Waals surface area contributed by atoms with Gasteiger partial charge in [0.25, 0.3) is 0 Å². The molecule has 1 aromatic heterocycles. The molecule has 0 radical (unpaired) electrons. The first-order valence-corrected chi connectivity index (χ1v) is 7.71. The number of hydrogen-bond acceptors (Lipinski definition) is 3. The second-order valence-electron chi connectivity index (χ2n) is 4.87. The Labute approximate surface area is 121 Å². The maximum Gasteiger partial charge on any atom is 0.313 e. The second kappa shape index (κ2) is 5.71. The summed E-state index contributed by atoms with van der Waals surface area (Å²) in [6, 6.07) is 8.39. The van der Waals surface area contributed by atoms with Gasteiger partial charge in [-0.1, -0.05) is 36.0 Å². The molecule has 2 aromatic rings. The zero-order valence-electron chi connectivity index (χ0n) is 11.0. The molecule has 0 bridgehead atoms. The molecule has 0 saturated heterocycles. The highest BCUT2D eigenvalue weighted by Gasteiger charge is 2.20. The molecular weight excluding hydrogens is 272 g/mol. The Hall–Kier alpha value is -1.75. The van der Waals surface area contributed by atoms with E-state index in [0.717, 1.165) is 35.5 Å². The van der Waals surface area contributed by atoms with Crippen molar-refractivity contribution in [1.29, 1.82) is 0 Å². The number of carboxylic acids is 1. The number of thioether (sulfide) groups is 1. The van der Waals surface area contributed by atoms with Gasteiger partial charge >= 0.3 is 5.97 Å². The maximum absolute atomic E-state index is 10.8. The third-order valence-electron chi connectivity index (χ3n) is 3.49. The van der Waals surface area contributed by atoms with Gasteiger partial charge in [0.2, 0.25) is 0 Å². The molecule has 1 N–H and O–H groups in total. The SMILES string of the molecule is O=C(O)CSc1nc2ccccc2n1C1CC=CCC1. The summed E-state index contributed by atoms with van der Waals surface area (Å²) in [5.74, 6) is -0.761. The number of nitrogens with zero attached hydrogens (tertiary/aromatic N) is 2. The lowest BCUT2D eigenvalue weighted by molar-refractivity contribution is -0.133. The molecular formula is C15H16N2O2S. The Morgan fingerprint density at radius 2 is 2.25 bits per heavy atom. The van der Waals surface area contributed by atoms with E-state index in [1.54, 1.807) is 0 Å². The van der Waals surface area contributed by atoms with Crippen LogP contribution in [0.4, 0.5) is 0 Å². The number of fused-ring (bicyclic) bond motifs is 1. The number of para-hydroxylation sites is 2. The van der Waals surface area contributed by atoms with E-state index >= 15 is 0 Å². The van der Waals surface area contributed by atoms with Gasteiger partial charge in [0.05, 0.1) is 16.8 Å². The van der Waals surface area contributed by atoms with E-state index in [1.807, 2.05) is 18.2 Å². The van der Waals surface area contributed by atoms with Gasteiger partial charge in [0.15, 0.2) is 5.16 Å². The van der Waals surface area contributed by atoms with E-state index in [4.69, 9.17) is 5.11 Å². The lowest BCUT2D eigenvalue weighted by Crippen LogP contribution is -2.12.